The summed E-state index contributed by atoms with van der Waals surface area (Å²) in [7, 11) is 0. The summed E-state index contributed by atoms with van der Waals surface area (Å²) >= 11 is 5.48. The van der Waals surface area contributed by atoms with Crippen LogP contribution >= 0.6 is 38.5 Å². The maximum Gasteiger partial charge on any atom is 0.240 e. The van der Waals surface area contributed by atoms with E-state index in [1.165, 1.54) is 6.07 Å². The Labute approximate surface area is 128 Å². The van der Waals surface area contributed by atoms with E-state index in [1.807, 2.05) is 13.0 Å². The number of hydrogen-bond acceptors (Lipinski definition) is 1. The molecular weight excluding hydrogens is 412 g/mol. The zero-order valence-electron chi connectivity index (χ0n) is 9.79. The van der Waals surface area contributed by atoms with Crippen molar-refractivity contribution in [3.8, 4) is 0 Å². The van der Waals surface area contributed by atoms with E-state index in [4.69, 9.17) is 0 Å². The standard InChI is InChI=1S/C13H12BrFINO/c1-2-17-11(7-6-10(16)13(17)18)12-8(14)4-3-5-9(12)15/h3-5,7,10H,2,6H2,1H3. The third-order valence-corrected chi connectivity index (χ3v) is 4.58. The number of amides is 1. The molecule has 1 atom stereocenters. The smallest absolute Gasteiger partial charge is 0.240 e. The predicted molar refractivity (Wildman–Crippen MR) is 81.9 cm³/mol. The van der Waals surface area contributed by atoms with E-state index in [1.54, 1.807) is 17.0 Å². The first-order valence-electron chi connectivity index (χ1n) is 5.66. The summed E-state index contributed by atoms with van der Waals surface area (Å²) in [5.74, 6) is -0.264. The number of carbonyl (C=O) groups is 1. The summed E-state index contributed by atoms with van der Waals surface area (Å²) in [5.41, 5.74) is 1.14. The molecule has 1 aliphatic heterocycles. The second-order valence-corrected chi connectivity index (χ2v) is 6.33. The number of rotatable bonds is 2. The molecule has 0 spiro atoms. The van der Waals surface area contributed by atoms with Gasteiger partial charge in [-0.3, -0.25) is 4.79 Å². The monoisotopic (exact) mass is 423 g/mol. The summed E-state index contributed by atoms with van der Waals surface area (Å²) in [6.45, 7) is 2.44. The van der Waals surface area contributed by atoms with Crippen LogP contribution in [0.3, 0.4) is 0 Å². The molecule has 2 rings (SSSR count). The van der Waals surface area contributed by atoms with Crippen molar-refractivity contribution in [1.82, 2.24) is 4.90 Å². The maximum absolute atomic E-state index is 14.0. The zero-order chi connectivity index (χ0) is 13.3. The summed E-state index contributed by atoms with van der Waals surface area (Å²) in [6.07, 6.45) is 2.58. The van der Waals surface area contributed by atoms with Crippen molar-refractivity contribution in [1.29, 1.82) is 0 Å². The molecule has 1 heterocycles. The highest BCUT2D eigenvalue weighted by molar-refractivity contribution is 14.1. The molecule has 1 aromatic carbocycles. The Morgan fingerprint density at radius 2 is 2.28 bits per heavy atom. The lowest BCUT2D eigenvalue weighted by atomic mass is 10.0. The van der Waals surface area contributed by atoms with Crippen LogP contribution < -0.4 is 0 Å². The molecule has 0 radical (unpaired) electrons. The minimum absolute atomic E-state index is 0.0470. The average Bonchev–Trinajstić information content (AvgIpc) is 2.33. The van der Waals surface area contributed by atoms with Gasteiger partial charge in [0.25, 0.3) is 0 Å². The lowest BCUT2D eigenvalue weighted by Crippen LogP contribution is -2.38. The molecule has 1 aliphatic rings. The number of allylic oxidation sites excluding steroid dienone is 1. The lowest BCUT2D eigenvalue weighted by Gasteiger charge is -2.31. The fraction of sp³-hybridized carbons (Fsp3) is 0.308. The number of hydrogen-bond donors (Lipinski definition) is 0. The Morgan fingerprint density at radius 1 is 1.56 bits per heavy atom. The first-order valence-corrected chi connectivity index (χ1v) is 7.70. The largest absolute Gasteiger partial charge is 0.311 e. The molecule has 0 fully saturated rings. The third kappa shape index (κ3) is 2.47. The summed E-state index contributed by atoms with van der Waals surface area (Å²) in [4.78, 5) is 13.7. The van der Waals surface area contributed by atoms with E-state index >= 15 is 0 Å². The van der Waals surface area contributed by atoms with Crippen LogP contribution in [0.5, 0.6) is 0 Å². The van der Waals surface area contributed by atoms with Crippen LogP contribution in [0, 0.1) is 5.82 Å². The molecular formula is C13H12BrFINO. The molecule has 5 heteroatoms. The molecule has 0 saturated carbocycles. The Hall–Kier alpha value is -0.430. The number of nitrogens with zero attached hydrogens (tertiary/aromatic N) is 1. The van der Waals surface area contributed by atoms with Gasteiger partial charge in [-0.1, -0.05) is 34.7 Å². The van der Waals surface area contributed by atoms with Gasteiger partial charge in [-0.15, -0.1) is 0 Å². The van der Waals surface area contributed by atoms with Gasteiger partial charge in [0.1, 0.15) is 5.82 Å². The first-order chi connectivity index (χ1) is 8.56. The number of carbonyl (C=O) groups excluding carboxylic acids is 1. The molecule has 18 heavy (non-hydrogen) atoms. The summed E-state index contributed by atoms with van der Waals surface area (Å²) in [6, 6.07) is 4.84. The minimum atomic E-state index is -0.311. The van der Waals surface area contributed by atoms with Gasteiger partial charge in [0.15, 0.2) is 0 Å². The predicted octanol–water partition coefficient (Wildman–Crippen LogP) is 3.98. The molecule has 2 nitrogen and oxygen atoms in total. The van der Waals surface area contributed by atoms with E-state index in [0.717, 1.165) is 0 Å². The number of halogens is 3. The molecule has 0 saturated heterocycles. The summed E-state index contributed by atoms with van der Waals surface area (Å²) in [5, 5.41) is 0. The van der Waals surface area contributed by atoms with E-state index in [0.29, 0.717) is 28.7 Å². The molecule has 1 amide bonds. The number of alkyl halides is 1. The van der Waals surface area contributed by atoms with E-state index in [9.17, 15) is 9.18 Å². The van der Waals surface area contributed by atoms with Gasteiger partial charge in [-0.25, -0.2) is 4.39 Å². The van der Waals surface area contributed by atoms with Gasteiger partial charge in [-0.05, 0) is 41.4 Å². The summed E-state index contributed by atoms with van der Waals surface area (Å²) < 4.78 is 14.6. The normalized spacial score (nSPS) is 20.0. The fourth-order valence-electron chi connectivity index (χ4n) is 2.02. The van der Waals surface area contributed by atoms with Gasteiger partial charge in [0.2, 0.25) is 5.91 Å². The maximum atomic E-state index is 14.0. The first kappa shape index (κ1) is 14.0. The van der Waals surface area contributed by atoms with Crippen LogP contribution in [0.1, 0.15) is 18.9 Å². The second-order valence-electron chi connectivity index (χ2n) is 3.97. The Bertz CT molecular complexity index is 497. The van der Waals surface area contributed by atoms with E-state index in [2.05, 4.69) is 38.5 Å². The van der Waals surface area contributed by atoms with Crippen LogP contribution in [0.4, 0.5) is 4.39 Å². The number of benzene rings is 1. The molecule has 1 aromatic rings. The van der Waals surface area contributed by atoms with Gasteiger partial charge in [0.05, 0.1) is 9.62 Å². The Morgan fingerprint density at radius 3 is 2.89 bits per heavy atom. The topological polar surface area (TPSA) is 20.3 Å². The molecule has 1 unspecified atom stereocenters. The van der Waals surface area contributed by atoms with Gasteiger partial charge in [-0.2, -0.15) is 0 Å². The van der Waals surface area contributed by atoms with Crippen LogP contribution in [-0.4, -0.2) is 21.3 Å². The highest BCUT2D eigenvalue weighted by Crippen LogP contribution is 2.34. The van der Waals surface area contributed by atoms with Crippen molar-refractivity contribution < 1.29 is 9.18 Å². The van der Waals surface area contributed by atoms with E-state index < -0.39 is 0 Å². The third-order valence-electron chi connectivity index (χ3n) is 2.88. The molecule has 96 valence electrons. The van der Waals surface area contributed by atoms with E-state index in [-0.39, 0.29) is 15.6 Å². The SMILES string of the molecule is CCN1C(=O)C(I)CC=C1c1c(F)cccc1Br. The van der Waals surface area contributed by atoms with Crippen LogP contribution in [0.15, 0.2) is 28.7 Å². The molecule has 0 N–H and O–H groups in total. The van der Waals surface area contributed by atoms with Crippen LogP contribution in [0.2, 0.25) is 0 Å². The molecule has 0 bridgehead atoms. The van der Waals surface area contributed by atoms with Crippen molar-refractivity contribution in [2.75, 3.05) is 6.54 Å². The Balaban J connectivity index is 2.52. The lowest BCUT2D eigenvalue weighted by molar-refractivity contribution is -0.127. The van der Waals surface area contributed by atoms with Crippen LogP contribution in [0.25, 0.3) is 5.70 Å². The van der Waals surface area contributed by atoms with Crippen molar-refractivity contribution in [2.45, 2.75) is 17.3 Å². The fourth-order valence-corrected chi connectivity index (χ4v) is 3.16. The van der Waals surface area contributed by atoms with Crippen molar-refractivity contribution in [2.24, 2.45) is 0 Å². The van der Waals surface area contributed by atoms with Crippen LogP contribution in [-0.2, 0) is 4.79 Å². The van der Waals surface area contributed by atoms with Crippen molar-refractivity contribution in [3.63, 3.8) is 0 Å². The van der Waals surface area contributed by atoms with Gasteiger partial charge < -0.3 is 4.90 Å². The highest BCUT2D eigenvalue weighted by Gasteiger charge is 2.30. The quantitative estimate of drug-likeness (QED) is 0.520. The zero-order valence-corrected chi connectivity index (χ0v) is 13.5. The Kier molecular flexibility index (Phi) is 4.42. The highest BCUT2D eigenvalue weighted by atomic mass is 127. The van der Waals surface area contributed by atoms with Gasteiger partial charge in [0, 0.05) is 16.6 Å². The second kappa shape index (κ2) is 5.69. The van der Waals surface area contributed by atoms with Gasteiger partial charge >= 0.3 is 0 Å². The average molecular weight is 424 g/mol. The van der Waals surface area contributed by atoms with Crippen molar-refractivity contribution >= 4 is 50.1 Å². The molecule has 0 aliphatic carbocycles. The molecule has 0 aromatic heterocycles. The van der Waals surface area contributed by atoms with Crippen molar-refractivity contribution in [3.05, 3.63) is 40.1 Å². The minimum Gasteiger partial charge on any atom is -0.311 e.